The summed E-state index contributed by atoms with van der Waals surface area (Å²) in [5.74, 6) is 16.6. The van der Waals surface area contributed by atoms with Crippen molar-refractivity contribution in [3.63, 3.8) is 0 Å². The second-order valence-electron chi connectivity index (χ2n) is 22.6. The van der Waals surface area contributed by atoms with Crippen molar-refractivity contribution in [2.45, 2.75) is 61.5 Å². The van der Waals surface area contributed by atoms with Gasteiger partial charge in [-0.05, 0) is 145 Å². The Labute approximate surface area is 567 Å². The lowest BCUT2D eigenvalue weighted by Gasteiger charge is -2.14. The minimum atomic E-state index is -2.89. The van der Waals surface area contributed by atoms with E-state index in [0.29, 0.717) is 81.3 Å². The van der Waals surface area contributed by atoms with Crippen molar-refractivity contribution in [3.05, 3.63) is 279 Å². The summed E-state index contributed by atoms with van der Waals surface area (Å²) in [5.41, 5.74) is 15.9. The molecule has 0 amide bonds. The molecular weight excluding hydrogens is 1300 g/mol. The number of rotatable bonds is 10. The molecule has 0 atom stereocenters. The molecule has 22 heteroatoms. The van der Waals surface area contributed by atoms with E-state index < -0.39 is 14.6 Å². The summed E-state index contributed by atoms with van der Waals surface area (Å²) >= 11 is 25.1. The number of hydrogen-bond donors (Lipinski definition) is 0. The maximum absolute atomic E-state index is 13.7. The quantitative estimate of drug-likeness (QED) is 0.0934. The van der Waals surface area contributed by atoms with Crippen molar-refractivity contribution in [2.24, 2.45) is 0 Å². The maximum Gasteiger partial charge on any atom is 0.270 e. The Balaban J connectivity index is 0.000000130. The normalized spacial score (nSPS) is 11.6. The van der Waals surface area contributed by atoms with Crippen LogP contribution in [-0.4, -0.2) is 66.4 Å². The lowest BCUT2D eigenvalue weighted by molar-refractivity contribution is 0.0174. The standard InChI is InChI=1S/C25H18Cl2N4O2.C25H18Cl2N4O.C24H16F2N4O/c1-25(26,27)17-6-3-5-16(13-17)14-21-19-10-11-22(32-2)20(24(19)33-30-21)9-8-18-15-28-23-7-4-12-29-31(18)23;1-16-8-10-21-22(14-17-5-3-6-18(13-17)25(2,26)27)30-32-24(21)20(16)11-9-19-15-28-23-7-4-12-29-31(19)23;1-24(25,26)18-7-2-5-16(13-18)14-21-20-8-3-6-17(23(20)31-29-21)10-11-19-15-27-22-9-4-12-28-30(19)22/h3-7,10-13,15H,14H2,1-2H3;3-8,10,12-13,15H,14H2,1-2H3;2-9,12-13,15H,14H2,1H3. The first kappa shape index (κ1) is 63.8. The maximum atomic E-state index is 13.7. The third-order valence-electron chi connectivity index (χ3n) is 15.6. The zero-order valence-corrected chi connectivity index (χ0v) is 54.8. The smallest absolute Gasteiger partial charge is 0.270 e. The predicted octanol–water partition coefficient (Wildman–Crippen LogP) is 16.3. The molecule has 0 unspecified atom stereocenters. The number of nitrogens with zero attached hydrogens (tertiary/aromatic N) is 12. The fourth-order valence-electron chi connectivity index (χ4n) is 10.7. The van der Waals surface area contributed by atoms with Gasteiger partial charge in [-0.15, -0.1) is 0 Å². The monoisotopic (exact) mass is 1350 g/mol. The summed E-state index contributed by atoms with van der Waals surface area (Å²) in [7, 11) is 1.60. The van der Waals surface area contributed by atoms with E-state index in [0.717, 1.165) is 84.7 Å². The first-order valence-electron chi connectivity index (χ1n) is 29.9. The number of methoxy groups -OCH3 is 1. The van der Waals surface area contributed by atoms with Gasteiger partial charge in [-0.2, -0.15) is 15.3 Å². The topological polar surface area (TPSA) is 178 Å². The van der Waals surface area contributed by atoms with Crippen LogP contribution in [0.3, 0.4) is 0 Å². The van der Waals surface area contributed by atoms with Crippen molar-refractivity contribution in [1.82, 2.24) is 59.3 Å². The molecule has 0 saturated carbocycles. The zero-order valence-electron chi connectivity index (χ0n) is 51.8. The van der Waals surface area contributed by atoms with Crippen LogP contribution in [0, 0.1) is 42.4 Å². The molecule has 0 saturated heterocycles. The number of benzene rings is 6. The van der Waals surface area contributed by atoms with Crippen LogP contribution in [0.5, 0.6) is 5.75 Å². The summed E-state index contributed by atoms with van der Waals surface area (Å²) in [5, 5.41) is 28.3. The van der Waals surface area contributed by atoms with Gasteiger partial charge in [-0.1, -0.05) is 158 Å². The zero-order chi connectivity index (χ0) is 66.7. The first-order chi connectivity index (χ1) is 46.3. The molecule has 15 rings (SSSR count). The predicted molar refractivity (Wildman–Crippen MR) is 366 cm³/mol. The SMILES string of the molecule is CC(F)(F)c1cccc(Cc2noc3c(C#Cc4cnc5cccnn45)cccc23)c1.COc1ccc2c(Cc3cccc(C(C)(Cl)Cl)c3)noc2c1C#Cc1cnc2cccnn12.Cc1ccc2c(Cc3cccc(C(C)(Cl)Cl)c3)noc2c1C#Cc1cnc2cccnn12. The van der Waals surface area contributed by atoms with E-state index in [1.165, 1.54) is 12.1 Å². The molecule has 0 fully saturated rings. The van der Waals surface area contributed by atoms with Crippen molar-refractivity contribution >= 4 is 96.3 Å². The average molecular weight is 1350 g/mol. The van der Waals surface area contributed by atoms with E-state index in [-0.39, 0.29) is 5.56 Å². The Bertz CT molecular complexity index is 5620. The van der Waals surface area contributed by atoms with Crippen molar-refractivity contribution in [2.75, 3.05) is 7.11 Å². The van der Waals surface area contributed by atoms with Crippen LogP contribution in [0.25, 0.3) is 49.8 Å². The van der Waals surface area contributed by atoms with Crippen LogP contribution in [-0.2, 0) is 33.9 Å². The van der Waals surface area contributed by atoms with E-state index in [1.54, 1.807) is 83.8 Å². The number of para-hydroxylation sites is 1. The second kappa shape index (κ2) is 26.8. The van der Waals surface area contributed by atoms with Gasteiger partial charge in [0, 0.05) is 66.5 Å². The highest BCUT2D eigenvalue weighted by atomic mass is 35.5. The van der Waals surface area contributed by atoms with Crippen LogP contribution in [0.15, 0.2) is 202 Å². The summed E-state index contributed by atoms with van der Waals surface area (Å²) in [6.45, 7) is 6.40. The summed E-state index contributed by atoms with van der Waals surface area (Å²) in [6.07, 6.45) is 11.7. The van der Waals surface area contributed by atoms with Gasteiger partial charge in [-0.3, -0.25) is 0 Å². The molecule has 15 aromatic rings. The summed E-state index contributed by atoms with van der Waals surface area (Å²) < 4.78 is 53.0. The molecule has 0 aliphatic carbocycles. The lowest BCUT2D eigenvalue weighted by Crippen LogP contribution is -2.07. The Hall–Kier alpha value is -10.9. The lowest BCUT2D eigenvalue weighted by atomic mass is 10.0. The van der Waals surface area contributed by atoms with E-state index in [2.05, 4.69) is 81.2 Å². The van der Waals surface area contributed by atoms with E-state index in [1.807, 2.05) is 134 Å². The van der Waals surface area contributed by atoms with Crippen molar-refractivity contribution in [3.8, 4) is 41.3 Å². The number of ether oxygens (including phenoxy) is 1. The molecule has 9 heterocycles. The van der Waals surface area contributed by atoms with Crippen molar-refractivity contribution < 1.29 is 27.1 Å². The minimum Gasteiger partial charge on any atom is -0.495 e. The van der Waals surface area contributed by atoms with E-state index in [4.69, 9.17) is 64.7 Å². The average Bonchev–Trinajstić information content (AvgIpc) is 1.55. The van der Waals surface area contributed by atoms with E-state index in [9.17, 15) is 8.78 Å². The van der Waals surface area contributed by atoms with Gasteiger partial charge in [0.2, 0.25) is 0 Å². The molecule has 474 valence electrons. The van der Waals surface area contributed by atoms with Crippen LogP contribution >= 0.6 is 46.4 Å². The van der Waals surface area contributed by atoms with Crippen LogP contribution in [0.4, 0.5) is 8.78 Å². The Morgan fingerprint density at radius 2 is 0.854 bits per heavy atom. The Kier molecular flexibility index (Phi) is 17.8. The van der Waals surface area contributed by atoms with E-state index >= 15 is 0 Å². The number of hydrogen-bond acceptors (Lipinski definition) is 13. The molecule has 9 aromatic heterocycles. The summed E-state index contributed by atoms with van der Waals surface area (Å²) in [6, 6.07) is 46.6. The molecule has 0 N–H and O–H groups in total. The molecule has 0 spiro atoms. The van der Waals surface area contributed by atoms with Gasteiger partial charge in [0.1, 0.15) is 37.1 Å². The largest absolute Gasteiger partial charge is 0.495 e. The third kappa shape index (κ3) is 13.8. The molecule has 0 bridgehead atoms. The van der Waals surface area contributed by atoms with Gasteiger partial charge in [0.25, 0.3) is 5.92 Å². The number of halogens is 6. The fraction of sp³-hybridized carbons (Fsp3) is 0.149. The second-order valence-corrected chi connectivity index (χ2v) is 26.0. The molecular formula is C74H52Cl4F2N12O4. The molecule has 96 heavy (non-hydrogen) atoms. The third-order valence-corrected chi connectivity index (χ3v) is 16.5. The van der Waals surface area contributed by atoms with Crippen LogP contribution in [0.2, 0.25) is 0 Å². The molecule has 0 radical (unpaired) electrons. The molecule has 0 aliphatic heterocycles. The van der Waals surface area contributed by atoms with Gasteiger partial charge in [0.15, 0.2) is 33.7 Å². The van der Waals surface area contributed by atoms with Gasteiger partial charge in [-0.25, -0.2) is 37.3 Å². The molecule has 16 nitrogen and oxygen atoms in total. The van der Waals surface area contributed by atoms with Gasteiger partial charge in [0.05, 0.1) is 53.9 Å². The van der Waals surface area contributed by atoms with Gasteiger partial charge >= 0.3 is 0 Å². The van der Waals surface area contributed by atoms with Crippen molar-refractivity contribution in [1.29, 1.82) is 0 Å². The number of aromatic nitrogens is 12. The number of fused-ring (bicyclic) bond motifs is 6. The minimum absolute atomic E-state index is 0.0222. The highest BCUT2D eigenvalue weighted by molar-refractivity contribution is 6.48. The fourth-order valence-corrected chi connectivity index (χ4v) is 11.2. The summed E-state index contributed by atoms with van der Waals surface area (Å²) in [4.78, 5) is 12.9. The highest BCUT2D eigenvalue weighted by Crippen LogP contribution is 2.37. The van der Waals surface area contributed by atoms with Crippen LogP contribution in [0.1, 0.15) is 111 Å². The Morgan fingerprint density at radius 3 is 1.32 bits per heavy atom. The number of imidazole rings is 3. The van der Waals surface area contributed by atoms with Gasteiger partial charge < -0.3 is 18.3 Å². The number of aryl methyl sites for hydroxylation is 1. The molecule has 0 aliphatic rings. The first-order valence-corrected chi connectivity index (χ1v) is 31.4. The molecule has 6 aromatic carbocycles. The number of alkyl halides is 6. The van der Waals surface area contributed by atoms with Crippen LogP contribution < -0.4 is 4.74 Å². The Morgan fingerprint density at radius 1 is 0.448 bits per heavy atom. The highest BCUT2D eigenvalue weighted by Gasteiger charge is 2.26.